The van der Waals surface area contributed by atoms with Gasteiger partial charge in [0, 0.05) is 20.7 Å². The fraction of sp³-hybridized carbons (Fsp3) is 0.192. The van der Waals surface area contributed by atoms with Gasteiger partial charge in [0.2, 0.25) is 5.82 Å². The standard InChI is InChI=1S/C26H24BrClN4O2/c1-4-34-21-11-9-20(10-12-21)32-25(17-6-5-7-19(28)14-17)30-24(31-32)26(33)29-23-13-8-18(27)15-22(23)16(2)3/h5-16H,4H2,1-3H3,(H,29,33). The van der Waals surface area contributed by atoms with Crippen molar-refractivity contribution < 1.29 is 9.53 Å². The van der Waals surface area contributed by atoms with E-state index in [-0.39, 0.29) is 11.7 Å². The quantitative estimate of drug-likeness (QED) is 0.271. The molecule has 1 N–H and O–H groups in total. The third-order valence-corrected chi connectivity index (χ3v) is 5.90. The number of rotatable bonds is 7. The first-order valence-corrected chi connectivity index (χ1v) is 12.1. The highest BCUT2D eigenvalue weighted by Gasteiger charge is 2.20. The van der Waals surface area contributed by atoms with Gasteiger partial charge in [0.05, 0.1) is 12.3 Å². The van der Waals surface area contributed by atoms with Gasteiger partial charge in [-0.25, -0.2) is 9.67 Å². The predicted molar refractivity (Wildman–Crippen MR) is 139 cm³/mol. The normalized spacial score (nSPS) is 11.0. The zero-order valence-corrected chi connectivity index (χ0v) is 21.4. The molecule has 0 bridgehead atoms. The molecule has 0 unspecified atom stereocenters. The topological polar surface area (TPSA) is 69.0 Å². The van der Waals surface area contributed by atoms with Crippen LogP contribution < -0.4 is 10.1 Å². The van der Waals surface area contributed by atoms with E-state index in [4.69, 9.17) is 16.3 Å². The Morgan fingerprint density at radius 2 is 1.88 bits per heavy atom. The maximum absolute atomic E-state index is 13.2. The van der Waals surface area contributed by atoms with Crippen LogP contribution in [0.4, 0.5) is 5.69 Å². The highest BCUT2D eigenvalue weighted by Crippen LogP contribution is 2.29. The van der Waals surface area contributed by atoms with Gasteiger partial charge < -0.3 is 10.1 Å². The highest BCUT2D eigenvalue weighted by molar-refractivity contribution is 9.10. The first-order chi connectivity index (χ1) is 16.4. The number of ether oxygens (including phenoxy) is 1. The Bertz CT molecular complexity index is 1320. The number of hydrogen-bond acceptors (Lipinski definition) is 4. The van der Waals surface area contributed by atoms with Gasteiger partial charge in [-0.3, -0.25) is 4.79 Å². The van der Waals surface area contributed by atoms with Crippen molar-refractivity contribution in [3.05, 3.63) is 87.6 Å². The first kappa shape index (κ1) is 24.0. The molecular weight excluding hydrogens is 516 g/mol. The fourth-order valence-corrected chi connectivity index (χ4v) is 4.13. The molecule has 1 heterocycles. The zero-order chi connectivity index (χ0) is 24.2. The van der Waals surface area contributed by atoms with E-state index in [0.717, 1.165) is 32.7 Å². The summed E-state index contributed by atoms with van der Waals surface area (Å²) in [6.07, 6.45) is 0. The van der Waals surface area contributed by atoms with Gasteiger partial charge in [0.1, 0.15) is 5.75 Å². The van der Waals surface area contributed by atoms with Gasteiger partial charge in [-0.2, -0.15) is 0 Å². The van der Waals surface area contributed by atoms with Gasteiger partial charge in [-0.05, 0) is 73.0 Å². The second-order valence-corrected chi connectivity index (χ2v) is 9.30. The summed E-state index contributed by atoms with van der Waals surface area (Å²) in [7, 11) is 0. The van der Waals surface area contributed by atoms with E-state index in [9.17, 15) is 4.79 Å². The first-order valence-electron chi connectivity index (χ1n) is 10.9. The lowest BCUT2D eigenvalue weighted by molar-refractivity contribution is 0.101. The van der Waals surface area contributed by atoms with Crippen LogP contribution in [0.15, 0.2) is 71.2 Å². The van der Waals surface area contributed by atoms with E-state index >= 15 is 0 Å². The van der Waals surface area contributed by atoms with Gasteiger partial charge in [-0.1, -0.05) is 53.5 Å². The molecule has 0 radical (unpaired) electrons. The Morgan fingerprint density at radius 3 is 2.56 bits per heavy atom. The van der Waals surface area contributed by atoms with Crippen LogP contribution in [0.3, 0.4) is 0 Å². The average Bonchev–Trinajstić information content (AvgIpc) is 3.26. The van der Waals surface area contributed by atoms with Crippen molar-refractivity contribution in [1.29, 1.82) is 0 Å². The monoisotopic (exact) mass is 538 g/mol. The maximum atomic E-state index is 13.2. The second-order valence-electron chi connectivity index (χ2n) is 7.95. The summed E-state index contributed by atoms with van der Waals surface area (Å²) in [5, 5.41) is 8.09. The van der Waals surface area contributed by atoms with Crippen LogP contribution in [-0.4, -0.2) is 27.3 Å². The van der Waals surface area contributed by atoms with Crippen molar-refractivity contribution in [2.45, 2.75) is 26.7 Å². The van der Waals surface area contributed by atoms with Crippen LogP contribution in [0.25, 0.3) is 17.1 Å². The number of aromatic nitrogens is 3. The maximum Gasteiger partial charge on any atom is 0.295 e. The molecule has 4 aromatic rings. The number of nitrogens with one attached hydrogen (secondary N) is 1. The summed E-state index contributed by atoms with van der Waals surface area (Å²) < 4.78 is 8.14. The van der Waals surface area contributed by atoms with Crippen molar-refractivity contribution in [3.63, 3.8) is 0 Å². The minimum Gasteiger partial charge on any atom is -0.494 e. The lowest BCUT2D eigenvalue weighted by Crippen LogP contribution is -2.16. The van der Waals surface area contributed by atoms with Gasteiger partial charge in [-0.15, -0.1) is 5.10 Å². The van der Waals surface area contributed by atoms with Gasteiger partial charge >= 0.3 is 0 Å². The molecule has 1 aromatic heterocycles. The molecule has 8 heteroatoms. The van der Waals surface area contributed by atoms with E-state index in [2.05, 4.69) is 45.2 Å². The van der Waals surface area contributed by atoms with Crippen molar-refractivity contribution in [3.8, 4) is 22.8 Å². The summed E-state index contributed by atoms with van der Waals surface area (Å²) in [5.74, 6) is 1.16. The molecule has 0 saturated heterocycles. The number of carbonyl (C=O) groups is 1. The zero-order valence-electron chi connectivity index (χ0n) is 19.0. The van der Waals surface area contributed by atoms with Crippen LogP contribution in [0.1, 0.15) is 42.9 Å². The van der Waals surface area contributed by atoms with Crippen molar-refractivity contribution in [2.24, 2.45) is 0 Å². The molecule has 6 nitrogen and oxygen atoms in total. The summed E-state index contributed by atoms with van der Waals surface area (Å²) in [6, 6.07) is 20.5. The lowest BCUT2D eigenvalue weighted by Gasteiger charge is -2.13. The van der Waals surface area contributed by atoms with Crippen LogP contribution in [0, 0.1) is 0 Å². The highest BCUT2D eigenvalue weighted by atomic mass is 79.9. The molecule has 0 aliphatic rings. The van der Waals surface area contributed by atoms with Crippen molar-refractivity contribution in [1.82, 2.24) is 14.8 Å². The van der Waals surface area contributed by atoms with Crippen molar-refractivity contribution in [2.75, 3.05) is 11.9 Å². The third-order valence-electron chi connectivity index (χ3n) is 5.17. The summed E-state index contributed by atoms with van der Waals surface area (Å²) in [5.41, 5.74) is 3.24. The minimum atomic E-state index is -0.391. The Morgan fingerprint density at radius 1 is 1.12 bits per heavy atom. The average molecular weight is 540 g/mol. The molecule has 0 spiro atoms. The molecule has 0 aliphatic carbocycles. The van der Waals surface area contributed by atoms with Crippen LogP contribution in [-0.2, 0) is 0 Å². The number of benzene rings is 3. The molecule has 4 rings (SSSR count). The smallest absolute Gasteiger partial charge is 0.295 e. The fourth-order valence-electron chi connectivity index (χ4n) is 3.56. The molecule has 0 atom stereocenters. The van der Waals surface area contributed by atoms with Crippen LogP contribution in [0.2, 0.25) is 5.02 Å². The number of halogens is 2. The van der Waals surface area contributed by atoms with E-state index in [1.807, 2.05) is 61.5 Å². The SMILES string of the molecule is CCOc1ccc(-n2nc(C(=O)Nc3ccc(Br)cc3C(C)C)nc2-c2cccc(Cl)c2)cc1. The van der Waals surface area contributed by atoms with Gasteiger partial charge in [0.25, 0.3) is 5.91 Å². The second kappa shape index (κ2) is 10.4. The predicted octanol–water partition coefficient (Wildman–Crippen LogP) is 7.12. The number of hydrogen-bond donors (Lipinski definition) is 1. The largest absolute Gasteiger partial charge is 0.494 e. The Kier molecular flexibility index (Phi) is 7.34. The lowest BCUT2D eigenvalue weighted by atomic mass is 10.0. The molecular formula is C26H24BrClN4O2. The van der Waals surface area contributed by atoms with Gasteiger partial charge in [0.15, 0.2) is 5.82 Å². The van der Waals surface area contributed by atoms with Crippen LogP contribution in [0.5, 0.6) is 5.75 Å². The number of anilines is 1. The Balaban J connectivity index is 1.74. The van der Waals surface area contributed by atoms with E-state index < -0.39 is 5.91 Å². The number of amides is 1. The molecule has 3 aromatic carbocycles. The molecule has 0 aliphatic heterocycles. The number of nitrogens with zero attached hydrogens (tertiary/aromatic N) is 3. The molecule has 174 valence electrons. The Labute approximate surface area is 212 Å². The summed E-state index contributed by atoms with van der Waals surface area (Å²) in [4.78, 5) is 17.8. The van der Waals surface area contributed by atoms with Crippen LogP contribution >= 0.6 is 27.5 Å². The Hall–Kier alpha value is -3.16. The molecule has 0 saturated carbocycles. The van der Waals surface area contributed by atoms with Crippen molar-refractivity contribution >= 4 is 39.1 Å². The summed E-state index contributed by atoms with van der Waals surface area (Å²) >= 11 is 9.73. The van der Waals surface area contributed by atoms with E-state index in [0.29, 0.717) is 17.5 Å². The molecule has 0 fully saturated rings. The van der Waals surface area contributed by atoms with E-state index in [1.54, 1.807) is 16.8 Å². The molecule has 1 amide bonds. The third kappa shape index (κ3) is 5.32. The van der Waals surface area contributed by atoms with E-state index in [1.165, 1.54) is 0 Å². The number of carbonyl (C=O) groups excluding carboxylic acids is 1. The summed E-state index contributed by atoms with van der Waals surface area (Å²) in [6.45, 7) is 6.67. The minimum absolute atomic E-state index is 0.0569. The molecule has 34 heavy (non-hydrogen) atoms.